The zero-order chi connectivity index (χ0) is 40.0. The molecule has 6 nitrogen and oxygen atoms in total. The monoisotopic (exact) mass is 783 g/mol. The average Bonchev–Trinajstić information content (AvgIpc) is 4.01. The molecular formula is C55H35N4O2+. The molecule has 0 atom stereocenters. The molecule has 0 saturated carbocycles. The number of benzene rings is 8. The second-order valence-electron chi connectivity index (χ2n) is 15.9. The molecule has 13 rings (SSSR count). The van der Waals surface area contributed by atoms with Gasteiger partial charge in [0.25, 0.3) is 11.6 Å². The van der Waals surface area contributed by atoms with E-state index in [2.05, 4.69) is 167 Å². The largest absolute Gasteiger partial charge is 0.456 e. The van der Waals surface area contributed by atoms with Crippen LogP contribution < -0.4 is 4.98 Å². The van der Waals surface area contributed by atoms with Crippen molar-refractivity contribution in [2.24, 2.45) is 0 Å². The van der Waals surface area contributed by atoms with E-state index in [-0.39, 0.29) is 0 Å². The molecule has 0 spiro atoms. The quantitative estimate of drug-likeness (QED) is 0.174. The standard InChI is InChI=1S/C55H34N4O2/c1-2-14-34(15-3-1)53-56-54(37-27-29-42-41-19-6-8-24-46(41)61-49(42)32-37)58-55(57-53)59-45-30-28-33-13-4-5-18-38(33)50(45)44-23-11-22-40(52(44)59)36-17-10-16-35(31-36)39-21-12-26-48-51(39)43-20-7-9-25-47(43)60-48/h1-2,4-14,16-32H,3,15H2/p+1. The average molecular weight is 784 g/mol. The molecule has 0 amide bonds. The second kappa shape index (κ2) is 13.2. The first-order valence-corrected chi connectivity index (χ1v) is 20.8. The molecule has 286 valence electrons. The lowest BCUT2D eigenvalue weighted by molar-refractivity contribution is -0.378. The Morgan fingerprint density at radius 3 is 2.07 bits per heavy atom. The summed E-state index contributed by atoms with van der Waals surface area (Å²) < 4.78 is 15.0. The lowest BCUT2D eigenvalue weighted by Crippen LogP contribution is -2.21. The van der Waals surface area contributed by atoms with Gasteiger partial charge in [-0.3, -0.25) is 0 Å². The summed E-state index contributed by atoms with van der Waals surface area (Å²) in [6.07, 6.45) is 8.32. The van der Waals surface area contributed by atoms with Crippen molar-refractivity contribution in [3.63, 3.8) is 0 Å². The van der Waals surface area contributed by atoms with Crippen LogP contribution in [0.5, 0.6) is 0 Å². The zero-order valence-electron chi connectivity index (χ0n) is 32.9. The van der Waals surface area contributed by atoms with Crippen LogP contribution in [0.4, 0.5) is 0 Å². The number of hydrogen-bond donors (Lipinski definition) is 0. The molecule has 6 heteroatoms. The van der Waals surface area contributed by atoms with Crippen molar-refractivity contribution in [2.45, 2.75) is 12.8 Å². The lowest BCUT2D eigenvalue weighted by Gasteiger charge is -2.11. The van der Waals surface area contributed by atoms with Crippen LogP contribution in [0.1, 0.15) is 18.7 Å². The van der Waals surface area contributed by atoms with Gasteiger partial charge in [0.05, 0.1) is 16.6 Å². The summed E-state index contributed by atoms with van der Waals surface area (Å²) in [5, 5.41) is 9.09. The Kier molecular flexibility index (Phi) is 7.33. The summed E-state index contributed by atoms with van der Waals surface area (Å²) in [4.78, 5) is 14.5. The van der Waals surface area contributed by atoms with Gasteiger partial charge in [0.2, 0.25) is 0 Å². The molecule has 0 aliphatic heterocycles. The van der Waals surface area contributed by atoms with E-state index < -0.39 is 0 Å². The van der Waals surface area contributed by atoms with E-state index >= 15 is 0 Å². The van der Waals surface area contributed by atoms with Gasteiger partial charge in [-0.1, -0.05) is 133 Å². The number of aromatic nitrogens is 4. The van der Waals surface area contributed by atoms with E-state index in [1.807, 2.05) is 24.3 Å². The fraction of sp³-hybridized carbons (Fsp3) is 0.0364. The van der Waals surface area contributed by atoms with Crippen LogP contribution in [0.15, 0.2) is 191 Å². The maximum absolute atomic E-state index is 6.38. The molecule has 1 N–H and O–H groups in total. The van der Waals surface area contributed by atoms with Gasteiger partial charge < -0.3 is 8.83 Å². The molecular weight excluding hydrogens is 749 g/mol. The minimum absolute atomic E-state index is 0.595. The fourth-order valence-corrected chi connectivity index (χ4v) is 9.60. The van der Waals surface area contributed by atoms with E-state index in [0.29, 0.717) is 11.8 Å². The predicted molar refractivity (Wildman–Crippen MR) is 248 cm³/mol. The van der Waals surface area contributed by atoms with Crippen LogP contribution in [-0.4, -0.2) is 14.5 Å². The molecule has 12 aromatic rings. The number of furan rings is 2. The molecule has 61 heavy (non-hydrogen) atoms. The third-order valence-corrected chi connectivity index (χ3v) is 12.4. The number of nitrogens with one attached hydrogen (secondary N) is 1. The molecule has 8 aromatic carbocycles. The Morgan fingerprint density at radius 1 is 0.492 bits per heavy atom. The van der Waals surface area contributed by atoms with Gasteiger partial charge in [0.1, 0.15) is 22.3 Å². The van der Waals surface area contributed by atoms with Crippen LogP contribution in [-0.2, 0) is 0 Å². The summed E-state index contributed by atoms with van der Waals surface area (Å²) in [7, 11) is 0. The summed E-state index contributed by atoms with van der Waals surface area (Å²) >= 11 is 0. The molecule has 0 radical (unpaired) electrons. The van der Waals surface area contributed by atoms with Gasteiger partial charge >= 0.3 is 5.95 Å². The summed E-state index contributed by atoms with van der Waals surface area (Å²) in [6, 6.07) is 57.8. The number of rotatable bonds is 5. The molecule has 4 heterocycles. The maximum Gasteiger partial charge on any atom is 0.387 e. The Labute approximate surface area is 349 Å². The van der Waals surface area contributed by atoms with E-state index in [1.165, 1.54) is 16.2 Å². The Morgan fingerprint density at radius 2 is 1.18 bits per heavy atom. The van der Waals surface area contributed by atoms with Crippen LogP contribution in [0.2, 0.25) is 0 Å². The van der Waals surface area contributed by atoms with Crippen LogP contribution >= 0.6 is 0 Å². The molecule has 0 fully saturated rings. The summed E-state index contributed by atoms with van der Waals surface area (Å²) in [6.45, 7) is 0. The van der Waals surface area contributed by atoms with Crippen molar-refractivity contribution >= 4 is 82.0 Å². The predicted octanol–water partition coefficient (Wildman–Crippen LogP) is 14.1. The molecule has 0 bridgehead atoms. The molecule has 4 aromatic heterocycles. The number of hydrogen-bond acceptors (Lipinski definition) is 4. The minimum Gasteiger partial charge on any atom is -0.456 e. The highest BCUT2D eigenvalue weighted by Gasteiger charge is 2.27. The maximum atomic E-state index is 6.38. The zero-order valence-corrected chi connectivity index (χ0v) is 32.9. The fourth-order valence-electron chi connectivity index (χ4n) is 9.60. The molecule has 1 aliphatic rings. The van der Waals surface area contributed by atoms with E-state index in [1.54, 1.807) is 0 Å². The third kappa shape index (κ3) is 5.25. The summed E-state index contributed by atoms with van der Waals surface area (Å²) in [5.41, 5.74) is 12.0. The highest BCUT2D eigenvalue weighted by atomic mass is 16.3. The van der Waals surface area contributed by atoms with Crippen molar-refractivity contribution in [2.75, 3.05) is 0 Å². The van der Waals surface area contributed by atoms with E-state index in [4.69, 9.17) is 18.8 Å². The minimum atomic E-state index is 0.595. The van der Waals surface area contributed by atoms with Gasteiger partial charge in [-0.15, -0.1) is 0 Å². The van der Waals surface area contributed by atoms with E-state index in [9.17, 15) is 0 Å². The van der Waals surface area contributed by atoms with Crippen molar-refractivity contribution in [3.8, 4) is 39.6 Å². The van der Waals surface area contributed by atoms with Crippen molar-refractivity contribution in [1.29, 1.82) is 0 Å². The van der Waals surface area contributed by atoms with Gasteiger partial charge in [0.15, 0.2) is 0 Å². The topological polar surface area (TPSA) is 71.1 Å². The van der Waals surface area contributed by atoms with Gasteiger partial charge in [-0.25, -0.2) is 9.55 Å². The van der Waals surface area contributed by atoms with Crippen molar-refractivity contribution < 1.29 is 13.8 Å². The van der Waals surface area contributed by atoms with Crippen molar-refractivity contribution in [1.82, 2.24) is 14.5 Å². The molecule has 1 aliphatic carbocycles. The first kappa shape index (κ1) is 33.8. The van der Waals surface area contributed by atoms with Crippen LogP contribution in [0.3, 0.4) is 0 Å². The summed E-state index contributed by atoms with van der Waals surface area (Å²) in [5.74, 6) is 2.11. The first-order chi connectivity index (χ1) is 30.2. The van der Waals surface area contributed by atoms with E-state index in [0.717, 1.165) is 112 Å². The number of nitrogens with zero attached hydrogens (tertiary/aromatic N) is 3. The van der Waals surface area contributed by atoms with Crippen LogP contribution in [0.25, 0.3) is 122 Å². The highest BCUT2D eigenvalue weighted by molar-refractivity contribution is 6.23. The first-order valence-electron chi connectivity index (χ1n) is 20.8. The molecule has 0 unspecified atom stereocenters. The SMILES string of the molecule is C1=CCCC(c2nc(-n3c4ccc5ccccc5c4c4cccc(-c5cccc(-c6cccc7oc8ccccc8c67)c5)c43)nc(-c3ccc4c(c3)oc3ccccc34)[nH+]2)=C1. The smallest absolute Gasteiger partial charge is 0.387 e. The number of allylic oxidation sites excluding steroid dienone is 4. The third-order valence-electron chi connectivity index (χ3n) is 12.4. The highest BCUT2D eigenvalue weighted by Crippen LogP contribution is 2.43. The second-order valence-corrected chi connectivity index (χ2v) is 15.9. The Hall–Kier alpha value is -8.09. The number of para-hydroxylation sites is 3. The van der Waals surface area contributed by atoms with Crippen LogP contribution in [0, 0.1) is 0 Å². The van der Waals surface area contributed by atoms with Gasteiger partial charge in [-0.2, -0.15) is 0 Å². The Bertz CT molecular complexity index is 3840. The number of aromatic amines is 1. The Balaban J connectivity index is 1.08. The van der Waals surface area contributed by atoms with Gasteiger partial charge in [-0.05, 0) is 98.8 Å². The lowest BCUT2D eigenvalue weighted by atomic mass is 9.95. The molecule has 0 saturated heterocycles. The number of H-pyrrole nitrogens is 1. The number of fused-ring (bicyclic) bond motifs is 11. The normalized spacial score (nSPS) is 13.1. The van der Waals surface area contributed by atoms with Crippen molar-refractivity contribution in [3.05, 3.63) is 188 Å². The van der Waals surface area contributed by atoms with Gasteiger partial charge in [0, 0.05) is 43.5 Å².